The van der Waals surface area contributed by atoms with Gasteiger partial charge in [-0.2, -0.15) is 5.10 Å². The van der Waals surface area contributed by atoms with Crippen LogP contribution in [0, 0.1) is 0 Å². The molecule has 2 amide bonds. The molecule has 1 aliphatic rings. The zero-order chi connectivity index (χ0) is 12.1. The van der Waals surface area contributed by atoms with Gasteiger partial charge in [-0.05, 0) is 13.8 Å². The highest BCUT2D eigenvalue weighted by Crippen LogP contribution is 2.05. The molecule has 88 valence electrons. The van der Waals surface area contributed by atoms with Gasteiger partial charge >= 0.3 is 0 Å². The third-order valence-corrected chi connectivity index (χ3v) is 2.28. The van der Waals surface area contributed by atoms with Gasteiger partial charge in [-0.3, -0.25) is 9.59 Å². The predicted molar refractivity (Wildman–Crippen MR) is 61.9 cm³/mol. The lowest BCUT2D eigenvalue weighted by Crippen LogP contribution is -2.40. The van der Waals surface area contributed by atoms with Crippen molar-refractivity contribution in [1.29, 1.82) is 0 Å². The molecule has 0 aromatic carbocycles. The van der Waals surface area contributed by atoms with Crippen molar-refractivity contribution >= 4 is 17.5 Å². The van der Waals surface area contributed by atoms with Crippen molar-refractivity contribution < 1.29 is 9.59 Å². The number of likely N-dealkylation sites (N-methyl/N-ethyl adjacent to an activating group) is 1. The molecule has 1 heterocycles. The molecule has 5 nitrogen and oxygen atoms in total. The number of nitrogens with zero attached hydrogens (tertiary/aromatic N) is 2. The number of hydrazone groups is 1. The number of carbonyl (C=O) groups excluding carboxylic acids is 2. The van der Waals surface area contributed by atoms with Crippen LogP contribution in [0.5, 0.6) is 0 Å². The van der Waals surface area contributed by atoms with Gasteiger partial charge in [0.25, 0.3) is 5.91 Å². The predicted octanol–water partition coefficient (Wildman–Crippen LogP) is 0.677. The molecule has 1 rings (SSSR count). The first-order chi connectivity index (χ1) is 7.54. The number of rotatable bonds is 4. The van der Waals surface area contributed by atoms with Gasteiger partial charge in [-0.1, -0.05) is 12.2 Å². The molecule has 0 saturated heterocycles. The third kappa shape index (κ3) is 3.18. The summed E-state index contributed by atoms with van der Waals surface area (Å²) in [7, 11) is 0. The van der Waals surface area contributed by atoms with Gasteiger partial charge in [0.15, 0.2) is 0 Å². The van der Waals surface area contributed by atoms with Crippen molar-refractivity contribution in [1.82, 2.24) is 10.3 Å². The van der Waals surface area contributed by atoms with Crippen LogP contribution < -0.4 is 5.43 Å². The Hall–Kier alpha value is -1.65. The third-order valence-electron chi connectivity index (χ3n) is 2.28. The summed E-state index contributed by atoms with van der Waals surface area (Å²) >= 11 is 0. The maximum absolute atomic E-state index is 12.0. The zero-order valence-electron chi connectivity index (χ0n) is 9.75. The normalized spacial score (nSPS) is 15.1. The number of nitrogens with one attached hydrogen (secondary N) is 1. The Balaban J connectivity index is 2.68. The minimum Gasteiger partial charge on any atom is -0.334 e. The molecule has 0 atom stereocenters. The molecule has 0 radical (unpaired) electrons. The quantitative estimate of drug-likeness (QED) is 0.712. The number of carbonyl (C=O) groups is 2. The molecule has 0 spiro atoms. The maximum atomic E-state index is 12.0. The van der Waals surface area contributed by atoms with Gasteiger partial charge in [0.1, 0.15) is 5.71 Å². The van der Waals surface area contributed by atoms with Gasteiger partial charge in [0, 0.05) is 25.9 Å². The van der Waals surface area contributed by atoms with E-state index < -0.39 is 0 Å². The highest BCUT2D eigenvalue weighted by molar-refractivity contribution is 6.39. The average molecular weight is 223 g/mol. The Morgan fingerprint density at radius 3 is 2.69 bits per heavy atom. The van der Waals surface area contributed by atoms with Crippen LogP contribution in [0.15, 0.2) is 17.3 Å². The summed E-state index contributed by atoms with van der Waals surface area (Å²) in [5.74, 6) is -0.259. The molecule has 16 heavy (non-hydrogen) atoms. The van der Waals surface area contributed by atoms with E-state index in [1.807, 2.05) is 13.8 Å². The van der Waals surface area contributed by atoms with Crippen LogP contribution in [0.3, 0.4) is 0 Å². The zero-order valence-corrected chi connectivity index (χ0v) is 9.75. The highest BCUT2D eigenvalue weighted by atomic mass is 16.2. The van der Waals surface area contributed by atoms with Crippen molar-refractivity contribution in [3.05, 3.63) is 12.2 Å². The molecule has 0 aromatic rings. The van der Waals surface area contributed by atoms with E-state index in [0.29, 0.717) is 31.6 Å². The summed E-state index contributed by atoms with van der Waals surface area (Å²) in [6.07, 6.45) is 0.743. The summed E-state index contributed by atoms with van der Waals surface area (Å²) in [6.45, 7) is 8.70. The Morgan fingerprint density at radius 2 is 2.25 bits per heavy atom. The standard InChI is InChI=1S/C11H17N3O2/c1-4-14(7-8(2)3)11(16)9-5-6-10(15)13-12-9/h2,4-7H2,1,3H3,(H,13,15). The van der Waals surface area contributed by atoms with Gasteiger partial charge in [-0.15, -0.1) is 0 Å². The largest absolute Gasteiger partial charge is 0.334 e. The molecule has 1 N–H and O–H groups in total. The smallest absolute Gasteiger partial charge is 0.270 e. The van der Waals surface area contributed by atoms with Crippen molar-refractivity contribution in [3.63, 3.8) is 0 Å². The molecular weight excluding hydrogens is 206 g/mol. The number of amides is 2. The van der Waals surface area contributed by atoms with Crippen LogP contribution in [-0.4, -0.2) is 35.5 Å². The first kappa shape index (κ1) is 12.4. The Labute approximate surface area is 95.2 Å². The monoisotopic (exact) mass is 223 g/mol. The van der Waals surface area contributed by atoms with Crippen LogP contribution in [0.1, 0.15) is 26.7 Å². The van der Waals surface area contributed by atoms with Gasteiger partial charge in [-0.25, -0.2) is 5.43 Å². The highest BCUT2D eigenvalue weighted by Gasteiger charge is 2.22. The van der Waals surface area contributed by atoms with Gasteiger partial charge in [0.05, 0.1) is 0 Å². The minimum atomic E-state index is -0.139. The van der Waals surface area contributed by atoms with Gasteiger partial charge in [0.2, 0.25) is 5.91 Å². The molecular formula is C11H17N3O2. The molecule has 0 bridgehead atoms. The van der Waals surface area contributed by atoms with Crippen LogP contribution >= 0.6 is 0 Å². The Kier molecular flexibility index (Phi) is 4.22. The first-order valence-electron chi connectivity index (χ1n) is 5.33. The van der Waals surface area contributed by atoms with E-state index in [-0.39, 0.29) is 11.8 Å². The summed E-state index contributed by atoms with van der Waals surface area (Å²) in [4.78, 5) is 24.5. The van der Waals surface area contributed by atoms with Crippen molar-refractivity contribution in [3.8, 4) is 0 Å². The van der Waals surface area contributed by atoms with Crippen LogP contribution in [-0.2, 0) is 9.59 Å². The molecule has 0 unspecified atom stereocenters. The summed E-state index contributed by atoms with van der Waals surface area (Å²) in [5, 5.41) is 3.78. The van der Waals surface area contributed by atoms with E-state index in [0.717, 1.165) is 5.57 Å². The van der Waals surface area contributed by atoms with E-state index in [4.69, 9.17) is 0 Å². The van der Waals surface area contributed by atoms with E-state index in [9.17, 15) is 9.59 Å². The summed E-state index contributed by atoms with van der Waals surface area (Å²) in [6, 6.07) is 0. The number of hydrogen-bond donors (Lipinski definition) is 1. The fourth-order valence-electron chi connectivity index (χ4n) is 1.46. The minimum absolute atomic E-state index is 0.120. The first-order valence-corrected chi connectivity index (χ1v) is 5.33. The second-order valence-corrected chi connectivity index (χ2v) is 3.87. The fourth-order valence-corrected chi connectivity index (χ4v) is 1.46. The Bertz CT molecular complexity index is 347. The number of hydrogen-bond acceptors (Lipinski definition) is 3. The lowest BCUT2D eigenvalue weighted by Gasteiger charge is -2.22. The van der Waals surface area contributed by atoms with E-state index in [2.05, 4.69) is 17.1 Å². The molecule has 0 fully saturated rings. The SMILES string of the molecule is C=C(C)CN(CC)C(=O)C1=NNC(=O)CC1. The lowest BCUT2D eigenvalue weighted by atomic mass is 10.1. The summed E-state index contributed by atoms with van der Waals surface area (Å²) < 4.78 is 0. The lowest BCUT2D eigenvalue weighted by molar-refractivity contribution is -0.124. The van der Waals surface area contributed by atoms with E-state index in [1.54, 1.807) is 4.90 Å². The maximum Gasteiger partial charge on any atom is 0.270 e. The van der Waals surface area contributed by atoms with E-state index >= 15 is 0 Å². The van der Waals surface area contributed by atoms with Crippen LogP contribution in [0.4, 0.5) is 0 Å². The Morgan fingerprint density at radius 1 is 1.56 bits per heavy atom. The summed E-state index contributed by atoms with van der Waals surface area (Å²) in [5.41, 5.74) is 3.67. The molecule has 0 aromatic heterocycles. The van der Waals surface area contributed by atoms with Crippen LogP contribution in [0.25, 0.3) is 0 Å². The van der Waals surface area contributed by atoms with Crippen LogP contribution in [0.2, 0.25) is 0 Å². The second-order valence-electron chi connectivity index (χ2n) is 3.87. The average Bonchev–Trinajstić information content (AvgIpc) is 2.25. The topological polar surface area (TPSA) is 61.8 Å². The van der Waals surface area contributed by atoms with Gasteiger partial charge < -0.3 is 4.90 Å². The molecule has 1 aliphatic heterocycles. The molecule has 0 aliphatic carbocycles. The second kappa shape index (κ2) is 5.44. The van der Waals surface area contributed by atoms with Crippen molar-refractivity contribution in [2.75, 3.05) is 13.1 Å². The van der Waals surface area contributed by atoms with Crippen molar-refractivity contribution in [2.24, 2.45) is 5.10 Å². The molecule has 0 saturated carbocycles. The fraction of sp³-hybridized carbons (Fsp3) is 0.545. The molecule has 5 heteroatoms. The van der Waals surface area contributed by atoms with E-state index in [1.165, 1.54) is 0 Å². The van der Waals surface area contributed by atoms with Crippen molar-refractivity contribution in [2.45, 2.75) is 26.7 Å².